The van der Waals surface area contributed by atoms with E-state index in [1.165, 1.54) is 5.56 Å². The zero-order chi connectivity index (χ0) is 18.9. The largest absolute Gasteiger partial charge is 0.379 e. The Balaban J connectivity index is 0.00000280. The first-order valence-corrected chi connectivity index (χ1v) is 9.43. The number of halogens is 1. The number of aryl methyl sites for hydroxylation is 1. The van der Waals surface area contributed by atoms with Gasteiger partial charge in [0.25, 0.3) is 0 Å². The molecule has 1 aromatic carbocycles. The average molecular weight is 499 g/mol. The molecule has 9 heteroatoms. The molecule has 1 fully saturated rings. The van der Waals surface area contributed by atoms with E-state index in [9.17, 15) is 0 Å². The average Bonchev–Trinajstić information content (AvgIpc) is 3.03. The van der Waals surface area contributed by atoms with E-state index in [1.807, 2.05) is 36.7 Å². The summed E-state index contributed by atoms with van der Waals surface area (Å²) in [4.78, 5) is 7.12. The smallest absolute Gasteiger partial charge is 0.192 e. The highest BCUT2D eigenvalue weighted by molar-refractivity contribution is 14.0. The summed E-state index contributed by atoms with van der Waals surface area (Å²) in [5.74, 6) is 2.57. The predicted octanol–water partition coefficient (Wildman–Crippen LogP) is 1.31. The molecule has 1 aliphatic rings. The first-order valence-electron chi connectivity index (χ1n) is 9.43. The maximum absolute atomic E-state index is 5.40. The van der Waals surface area contributed by atoms with Crippen molar-refractivity contribution in [3.63, 3.8) is 0 Å². The van der Waals surface area contributed by atoms with Crippen LogP contribution in [-0.2, 0) is 24.9 Å². The van der Waals surface area contributed by atoms with Crippen LogP contribution in [0.4, 0.5) is 0 Å². The number of hydrogen-bond donors (Lipinski definition) is 2. The maximum atomic E-state index is 5.40. The second-order valence-corrected chi connectivity index (χ2v) is 6.61. The van der Waals surface area contributed by atoms with E-state index in [-0.39, 0.29) is 24.0 Å². The molecule has 0 unspecified atom stereocenters. The first-order chi connectivity index (χ1) is 13.2. The van der Waals surface area contributed by atoms with Crippen LogP contribution < -0.4 is 10.6 Å². The number of aromatic nitrogens is 3. The Kier molecular flexibility index (Phi) is 9.65. The molecule has 154 valence electrons. The molecule has 1 aliphatic heterocycles. The monoisotopic (exact) mass is 499 g/mol. The van der Waals surface area contributed by atoms with Gasteiger partial charge < -0.3 is 19.9 Å². The Labute approximate surface area is 183 Å². The number of morpholine rings is 1. The van der Waals surface area contributed by atoms with Crippen LogP contribution in [0.2, 0.25) is 0 Å². The minimum atomic E-state index is 0. The lowest BCUT2D eigenvalue weighted by Crippen LogP contribution is -2.44. The topological polar surface area (TPSA) is 79.6 Å². The Morgan fingerprint density at radius 1 is 1.14 bits per heavy atom. The molecule has 1 saturated heterocycles. The fraction of sp³-hybridized carbons (Fsp3) is 0.526. The third-order valence-corrected chi connectivity index (χ3v) is 4.68. The van der Waals surface area contributed by atoms with Crippen molar-refractivity contribution in [2.75, 3.05) is 39.4 Å². The number of aliphatic imine (C=N–C) groups is 1. The normalized spacial score (nSPS) is 15.1. The summed E-state index contributed by atoms with van der Waals surface area (Å²) in [7, 11) is 1.97. The van der Waals surface area contributed by atoms with Gasteiger partial charge in [-0.2, -0.15) is 0 Å². The molecular formula is C19H30IN7O. The van der Waals surface area contributed by atoms with Gasteiger partial charge in [0.05, 0.1) is 26.3 Å². The third kappa shape index (κ3) is 7.02. The van der Waals surface area contributed by atoms with E-state index in [0.717, 1.165) is 57.0 Å². The van der Waals surface area contributed by atoms with Crippen LogP contribution in [0.25, 0.3) is 0 Å². The summed E-state index contributed by atoms with van der Waals surface area (Å²) in [6.45, 7) is 8.57. The highest BCUT2D eigenvalue weighted by atomic mass is 127. The van der Waals surface area contributed by atoms with Crippen molar-refractivity contribution in [2.45, 2.75) is 20.0 Å². The summed E-state index contributed by atoms with van der Waals surface area (Å²) < 4.78 is 7.38. The molecule has 0 atom stereocenters. The molecule has 3 rings (SSSR count). The zero-order valence-electron chi connectivity index (χ0n) is 16.6. The quantitative estimate of drug-likeness (QED) is 0.340. The highest BCUT2D eigenvalue weighted by Crippen LogP contribution is 2.01. The van der Waals surface area contributed by atoms with Crippen molar-refractivity contribution in [2.24, 2.45) is 12.0 Å². The molecule has 0 bridgehead atoms. The van der Waals surface area contributed by atoms with Crippen molar-refractivity contribution in [3.8, 4) is 0 Å². The van der Waals surface area contributed by atoms with Crippen LogP contribution in [0.1, 0.15) is 17.2 Å². The molecule has 0 spiro atoms. The van der Waals surface area contributed by atoms with Crippen LogP contribution in [0.5, 0.6) is 0 Å². The van der Waals surface area contributed by atoms with E-state index >= 15 is 0 Å². The lowest BCUT2D eigenvalue weighted by molar-refractivity contribution is 0.0389. The van der Waals surface area contributed by atoms with E-state index in [1.54, 1.807) is 0 Å². The van der Waals surface area contributed by atoms with Crippen molar-refractivity contribution >= 4 is 29.9 Å². The van der Waals surface area contributed by atoms with Gasteiger partial charge >= 0.3 is 0 Å². The first kappa shape index (κ1) is 22.6. The predicted molar refractivity (Wildman–Crippen MR) is 121 cm³/mol. The summed E-state index contributed by atoms with van der Waals surface area (Å²) in [6, 6.07) is 10.3. The highest BCUT2D eigenvalue weighted by Gasteiger charge is 2.10. The number of nitrogens with one attached hydrogen (secondary N) is 2. The summed E-state index contributed by atoms with van der Waals surface area (Å²) >= 11 is 0. The van der Waals surface area contributed by atoms with Gasteiger partial charge in [-0.15, -0.1) is 34.2 Å². The Morgan fingerprint density at radius 3 is 2.57 bits per heavy atom. The zero-order valence-corrected chi connectivity index (χ0v) is 18.9. The number of ether oxygens (including phenoxy) is 1. The van der Waals surface area contributed by atoms with Gasteiger partial charge in [-0.25, -0.2) is 4.99 Å². The van der Waals surface area contributed by atoms with Gasteiger partial charge in [-0.3, -0.25) is 4.90 Å². The summed E-state index contributed by atoms with van der Waals surface area (Å²) in [6.07, 6.45) is 0. The molecule has 0 radical (unpaired) electrons. The van der Waals surface area contributed by atoms with Gasteiger partial charge in [0.1, 0.15) is 5.82 Å². The van der Waals surface area contributed by atoms with Gasteiger partial charge in [0, 0.05) is 33.2 Å². The fourth-order valence-corrected chi connectivity index (χ4v) is 2.85. The SMILES string of the molecule is Cc1nnc(CNC(=NCc2ccccc2)NCCN2CCOCC2)n1C.I. The lowest BCUT2D eigenvalue weighted by Gasteiger charge is -2.26. The minimum Gasteiger partial charge on any atom is -0.379 e. The van der Waals surface area contributed by atoms with Crippen molar-refractivity contribution in [3.05, 3.63) is 47.5 Å². The molecule has 0 saturated carbocycles. The van der Waals surface area contributed by atoms with Crippen LogP contribution in [-0.4, -0.2) is 65.0 Å². The van der Waals surface area contributed by atoms with Crippen molar-refractivity contribution < 1.29 is 4.74 Å². The standard InChI is InChI=1S/C19H29N7O.HI/c1-16-23-24-18(25(16)2)15-22-19(21-14-17-6-4-3-5-7-17)20-8-9-26-10-12-27-13-11-26;/h3-7H,8-15H2,1-2H3,(H2,20,21,22);1H. The Bertz CT molecular complexity index is 729. The molecule has 2 aromatic rings. The third-order valence-electron chi connectivity index (χ3n) is 4.68. The van der Waals surface area contributed by atoms with Gasteiger partial charge in [-0.05, 0) is 12.5 Å². The van der Waals surface area contributed by atoms with Gasteiger partial charge in [-0.1, -0.05) is 30.3 Å². The fourth-order valence-electron chi connectivity index (χ4n) is 2.85. The van der Waals surface area contributed by atoms with Crippen molar-refractivity contribution in [1.29, 1.82) is 0 Å². The van der Waals surface area contributed by atoms with E-state index in [0.29, 0.717) is 13.1 Å². The van der Waals surface area contributed by atoms with E-state index < -0.39 is 0 Å². The second-order valence-electron chi connectivity index (χ2n) is 6.61. The molecule has 8 nitrogen and oxygen atoms in total. The summed E-state index contributed by atoms with van der Waals surface area (Å²) in [5.41, 5.74) is 1.18. The lowest BCUT2D eigenvalue weighted by atomic mass is 10.2. The number of hydrogen-bond acceptors (Lipinski definition) is 5. The van der Waals surface area contributed by atoms with Crippen molar-refractivity contribution in [1.82, 2.24) is 30.3 Å². The maximum Gasteiger partial charge on any atom is 0.192 e. The molecule has 2 N–H and O–H groups in total. The van der Waals surface area contributed by atoms with Crippen LogP contribution >= 0.6 is 24.0 Å². The van der Waals surface area contributed by atoms with E-state index in [4.69, 9.17) is 9.73 Å². The molecule has 28 heavy (non-hydrogen) atoms. The molecule has 2 heterocycles. The summed E-state index contributed by atoms with van der Waals surface area (Å²) in [5, 5.41) is 15.1. The molecular weight excluding hydrogens is 469 g/mol. The molecule has 1 aromatic heterocycles. The number of benzene rings is 1. The van der Waals surface area contributed by atoms with Crippen LogP contribution in [0, 0.1) is 6.92 Å². The minimum absolute atomic E-state index is 0. The molecule has 0 amide bonds. The number of guanidine groups is 1. The van der Waals surface area contributed by atoms with E-state index in [2.05, 4.69) is 37.9 Å². The number of nitrogens with zero attached hydrogens (tertiary/aromatic N) is 5. The van der Waals surface area contributed by atoms with Gasteiger partial charge in [0.15, 0.2) is 11.8 Å². The second kappa shape index (κ2) is 12.0. The van der Waals surface area contributed by atoms with Crippen LogP contribution in [0.15, 0.2) is 35.3 Å². The Hall–Kier alpha value is -1.72. The molecule has 0 aliphatic carbocycles. The van der Waals surface area contributed by atoms with Crippen LogP contribution in [0.3, 0.4) is 0 Å². The van der Waals surface area contributed by atoms with Gasteiger partial charge in [0.2, 0.25) is 0 Å². The Morgan fingerprint density at radius 2 is 1.89 bits per heavy atom. The number of rotatable bonds is 7.